The summed E-state index contributed by atoms with van der Waals surface area (Å²) in [5, 5.41) is 14.0. The summed E-state index contributed by atoms with van der Waals surface area (Å²) in [6.45, 7) is 1.11. The topological polar surface area (TPSA) is 167 Å². The third kappa shape index (κ3) is 6.33. The molecule has 2 fully saturated rings. The van der Waals surface area contributed by atoms with Crippen LogP contribution in [0.1, 0.15) is 19.3 Å². The van der Waals surface area contributed by atoms with Crippen molar-refractivity contribution >= 4 is 30.9 Å². The molecule has 2 atom stereocenters. The minimum Gasteiger partial charge on any atom is -0.491 e. The second-order valence-electron chi connectivity index (χ2n) is 10.4. The normalized spacial score (nSPS) is 20.4. The third-order valence-electron chi connectivity index (χ3n) is 7.68. The SMILES string of the molecule is CNS(=O)(=O)c1cccc(OCC(O)CN[C@H]2COC3(CCN(S(=O)(=O)c4c[nH]c5ccccc5c4=O)CC3)C2)c1. The van der Waals surface area contributed by atoms with Crippen LogP contribution in [0.25, 0.3) is 10.9 Å². The second-order valence-corrected chi connectivity index (χ2v) is 14.2. The third-order valence-corrected chi connectivity index (χ3v) is 11.0. The predicted molar refractivity (Wildman–Crippen MR) is 152 cm³/mol. The first kappa shape index (κ1) is 29.6. The molecule has 1 spiro atoms. The van der Waals surface area contributed by atoms with E-state index in [9.17, 15) is 26.7 Å². The fourth-order valence-corrected chi connectivity index (χ4v) is 7.60. The van der Waals surface area contributed by atoms with Crippen molar-refractivity contribution in [2.75, 3.05) is 39.9 Å². The first-order chi connectivity index (χ1) is 19.5. The molecule has 0 bridgehead atoms. The van der Waals surface area contributed by atoms with E-state index in [1.54, 1.807) is 36.4 Å². The molecule has 5 rings (SSSR count). The number of fused-ring (bicyclic) bond motifs is 1. The van der Waals surface area contributed by atoms with Gasteiger partial charge in [0, 0.05) is 48.8 Å². The molecule has 1 unspecified atom stereocenters. The van der Waals surface area contributed by atoms with Crippen LogP contribution in [0.2, 0.25) is 0 Å². The van der Waals surface area contributed by atoms with Gasteiger partial charge in [0.2, 0.25) is 25.5 Å². The minimum atomic E-state index is -3.97. The Morgan fingerprint density at radius 1 is 1.15 bits per heavy atom. The number of para-hydroxylation sites is 1. The molecule has 0 saturated carbocycles. The number of ether oxygens (including phenoxy) is 2. The molecule has 2 saturated heterocycles. The maximum absolute atomic E-state index is 13.3. The fraction of sp³-hybridized carbons (Fsp3) is 0.444. The van der Waals surface area contributed by atoms with E-state index in [2.05, 4.69) is 15.0 Å². The van der Waals surface area contributed by atoms with E-state index < -0.39 is 37.2 Å². The van der Waals surface area contributed by atoms with Gasteiger partial charge >= 0.3 is 0 Å². The Morgan fingerprint density at radius 2 is 1.90 bits per heavy atom. The van der Waals surface area contributed by atoms with Gasteiger partial charge in [-0.25, -0.2) is 21.6 Å². The van der Waals surface area contributed by atoms with Crippen LogP contribution in [-0.2, 0) is 24.8 Å². The maximum atomic E-state index is 13.3. The Bertz CT molecular complexity index is 1670. The zero-order valence-corrected chi connectivity index (χ0v) is 24.2. The number of aliphatic hydroxyl groups is 1. The molecule has 0 radical (unpaired) electrons. The molecule has 3 aromatic rings. The molecule has 12 nitrogen and oxygen atoms in total. The minimum absolute atomic E-state index is 0.0276. The zero-order valence-electron chi connectivity index (χ0n) is 22.6. The van der Waals surface area contributed by atoms with E-state index in [0.29, 0.717) is 42.5 Å². The monoisotopic (exact) mass is 606 g/mol. The quantitative estimate of drug-likeness (QED) is 0.261. The average molecular weight is 607 g/mol. The largest absolute Gasteiger partial charge is 0.491 e. The number of aromatic nitrogens is 1. The van der Waals surface area contributed by atoms with Crippen molar-refractivity contribution in [3.8, 4) is 5.75 Å². The smallest absolute Gasteiger partial charge is 0.248 e. The van der Waals surface area contributed by atoms with Crippen LogP contribution in [0.15, 0.2) is 69.3 Å². The molecular weight excluding hydrogens is 572 g/mol. The van der Waals surface area contributed by atoms with Crippen LogP contribution in [-0.4, -0.2) is 88.9 Å². The lowest BCUT2D eigenvalue weighted by Crippen LogP contribution is -2.47. The number of H-pyrrole nitrogens is 1. The predicted octanol–water partition coefficient (Wildman–Crippen LogP) is 0.778. The number of piperidine rings is 1. The molecule has 4 N–H and O–H groups in total. The zero-order chi connectivity index (χ0) is 29.3. The lowest BCUT2D eigenvalue weighted by Gasteiger charge is -2.37. The van der Waals surface area contributed by atoms with Crippen LogP contribution in [0.3, 0.4) is 0 Å². The van der Waals surface area contributed by atoms with Crippen molar-refractivity contribution < 1.29 is 31.4 Å². The molecule has 2 aromatic carbocycles. The number of rotatable bonds is 10. The highest BCUT2D eigenvalue weighted by Crippen LogP contribution is 2.37. The van der Waals surface area contributed by atoms with E-state index in [4.69, 9.17) is 9.47 Å². The lowest BCUT2D eigenvalue weighted by molar-refractivity contribution is -0.0312. The highest BCUT2D eigenvalue weighted by atomic mass is 32.2. The van der Waals surface area contributed by atoms with E-state index in [1.807, 2.05) is 0 Å². The van der Waals surface area contributed by atoms with Crippen LogP contribution < -0.4 is 20.2 Å². The highest BCUT2D eigenvalue weighted by Gasteiger charge is 2.45. The molecular formula is C27H34N4O8S2. The standard InChI is InChI=1S/C27H34N4O8S2/c1-28-40(34,35)22-6-4-5-21(13-22)38-18-20(32)15-29-19-14-27(39-17-19)9-11-31(12-10-27)41(36,37)25-16-30-24-8-3-2-7-23(24)26(25)33/h2-8,13,16,19-20,28-29,32H,9-12,14-15,17-18H2,1H3,(H,30,33)/t19-,20?/m1/s1. The van der Waals surface area contributed by atoms with E-state index in [-0.39, 0.29) is 42.1 Å². The highest BCUT2D eigenvalue weighted by molar-refractivity contribution is 7.89. The summed E-state index contributed by atoms with van der Waals surface area (Å²) < 4.78 is 65.9. The summed E-state index contributed by atoms with van der Waals surface area (Å²) in [7, 11) is -6.25. The number of hydrogen-bond acceptors (Lipinski definition) is 9. The number of hydrogen-bond donors (Lipinski definition) is 4. The molecule has 14 heteroatoms. The summed E-state index contributed by atoms with van der Waals surface area (Å²) in [4.78, 5) is 15.6. The van der Waals surface area contributed by atoms with Gasteiger partial charge in [-0.05, 0) is 50.6 Å². The Kier molecular flexibility index (Phi) is 8.53. The van der Waals surface area contributed by atoms with E-state index >= 15 is 0 Å². The first-order valence-corrected chi connectivity index (χ1v) is 16.3. The van der Waals surface area contributed by atoms with Crippen molar-refractivity contribution in [1.29, 1.82) is 0 Å². The Morgan fingerprint density at radius 3 is 2.66 bits per heavy atom. The van der Waals surface area contributed by atoms with Crippen LogP contribution in [0.4, 0.5) is 0 Å². The Balaban J connectivity index is 1.11. The summed E-state index contributed by atoms with van der Waals surface area (Å²) in [5.74, 6) is 0.330. The number of pyridine rings is 1. The van der Waals surface area contributed by atoms with Gasteiger partial charge in [-0.2, -0.15) is 4.31 Å². The second kappa shape index (κ2) is 11.8. The Labute approximate surface area is 238 Å². The molecule has 0 aliphatic carbocycles. The van der Waals surface area contributed by atoms with Gasteiger partial charge in [0.1, 0.15) is 23.4 Å². The van der Waals surface area contributed by atoms with Crippen molar-refractivity contribution in [2.45, 2.75) is 46.8 Å². The molecule has 222 valence electrons. The van der Waals surface area contributed by atoms with E-state index in [1.165, 1.54) is 29.7 Å². The van der Waals surface area contributed by atoms with Gasteiger partial charge in [0.25, 0.3) is 0 Å². The number of benzene rings is 2. The van der Waals surface area contributed by atoms with Crippen molar-refractivity contribution in [3.63, 3.8) is 0 Å². The lowest BCUT2D eigenvalue weighted by atomic mass is 9.88. The molecule has 2 aliphatic heterocycles. The summed E-state index contributed by atoms with van der Waals surface area (Å²) in [6.07, 6.45) is 2.07. The van der Waals surface area contributed by atoms with Gasteiger partial charge < -0.3 is 24.9 Å². The van der Waals surface area contributed by atoms with Gasteiger partial charge in [0.15, 0.2) is 0 Å². The van der Waals surface area contributed by atoms with Gasteiger partial charge in [-0.15, -0.1) is 0 Å². The number of nitrogens with zero attached hydrogens (tertiary/aromatic N) is 1. The van der Waals surface area contributed by atoms with Crippen LogP contribution >= 0.6 is 0 Å². The molecule has 1 aromatic heterocycles. The number of aliphatic hydroxyl groups excluding tert-OH is 1. The summed E-state index contributed by atoms with van der Waals surface area (Å²) in [6, 6.07) is 12.8. The van der Waals surface area contributed by atoms with Crippen LogP contribution in [0, 0.1) is 0 Å². The molecule has 41 heavy (non-hydrogen) atoms. The van der Waals surface area contributed by atoms with Gasteiger partial charge in [-0.3, -0.25) is 4.79 Å². The van der Waals surface area contributed by atoms with Crippen molar-refractivity contribution in [2.24, 2.45) is 0 Å². The number of sulfonamides is 2. The summed E-state index contributed by atoms with van der Waals surface area (Å²) in [5.41, 5.74) is -0.405. The van der Waals surface area contributed by atoms with Gasteiger partial charge in [0.05, 0.1) is 17.1 Å². The molecule has 2 aliphatic rings. The molecule has 3 heterocycles. The van der Waals surface area contributed by atoms with Crippen molar-refractivity contribution in [3.05, 3.63) is 65.0 Å². The Hall–Kier alpha value is -2.85. The van der Waals surface area contributed by atoms with Gasteiger partial charge in [-0.1, -0.05) is 18.2 Å². The average Bonchev–Trinajstić information content (AvgIpc) is 3.37. The maximum Gasteiger partial charge on any atom is 0.248 e. The number of nitrogens with one attached hydrogen (secondary N) is 3. The van der Waals surface area contributed by atoms with Crippen molar-refractivity contribution in [1.82, 2.24) is 19.3 Å². The number of aromatic amines is 1. The van der Waals surface area contributed by atoms with E-state index in [0.717, 1.165) is 0 Å². The fourth-order valence-electron chi connectivity index (χ4n) is 5.34. The summed E-state index contributed by atoms with van der Waals surface area (Å²) >= 11 is 0. The first-order valence-electron chi connectivity index (χ1n) is 13.4. The van der Waals surface area contributed by atoms with Crippen LogP contribution in [0.5, 0.6) is 5.75 Å². The molecule has 0 amide bonds.